The topological polar surface area (TPSA) is 39.9 Å². The third kappa shape index (κ3) is 3.31. The average molecular weight is 412 g/mol. The van der Waals surface area contributed by atoms with E-state index in [0.29, 0.717) is 5.02 Å². The Hall–Kier alpha value is -3.63. The second kappa shape index (κ2) is 7.65. The highest BCUT2D eigenvalue weighted by Gasteiger charge is 2.17. The van der Waals surface area contributed by atoms with Crippen molar-refractivity contribution in [2.45, 2.75) is 0 Å². The molecule has 2 aromatic heterocycles. The third-order valence-electron chi connectivity index (χ3n) is 5.04. The summed E-state index contributed by atoms with van der Waals surface area (Å²) in [7, 11) is 1.66. The van der Waals surface area contributed by atoms with Gasteiger partial charge in [-0.3, -0.25) is 0 Å². The zero-order valence-corrected chi connectivity index (χ0v) is 17.0. The van der Waals surface area contributed by atoms with Crippen LogP contribution in [0.1, 0.15) is 0 Å². The van der Waals surface area contributed by atoms with Gasteiger partial charge in [-0.15, -0.1) is 0 Å². The van der Waals surface area contributed by atoms with Gasteiger partial charge in [0.25, 0.3) is 0 Å². The first-order valence-corrected chi connectivity index (χ1v) is 9.96. The van der Waals surface area contributed by atoms with Crippen LogP contribution in [-0.2, 0) is 0 Å². The molecule has 3 aromatic carbocycles. The summed E-state index contributed by atoms with van der Waals surface area (Å²) in [6, 6.07) is 27.7. The molecule has 5 aromatic rings. The molecule has 0 N–H and O–H groups in total. The number of rotatable bonds is 4. The van der Waals surface area contributed by atoms with Gasteiger partial charge in [0.1, 0.15) is 11.4 Å². The molecule has 0 radical (unpaired) electrons. The zero-order valence-electron chi connectivity index (χ0n) is 16.3. The lowest BCUT2D eigenvalue weighted by molar-refractivity contribution is 0.415. The molecular formula is C25H18ClN3O. The molecule has 4 nitrogen and oxygen atoms in total. The van der Waals surface area contributed by atoms with Gasteiger partial charge >= 0.3 is 0 Å². The summed E-state index contributed by atoms with van der Waals surface area (Å²) < 4.78 is 7.18. The fourth-order valence-corrected chi connectivity index (χ4v) is 3.77. The summed E-state index contributed by atoms with van der Waals surface area (Å²) in [6.45, 7) is 0. The number of halogens is 1. The minimum absolute atomic E-state index is 0.670. The van der Waals surface area contributed by atoms with E-state index in [0.717, 1.165) is 44.9 Å². The van der Waals surface area contributed by atoms with E-state index in [1.165, 1.54) is 0 Å². The molecule has 0 saturated carbocycles. The highest BCUT2D eigenvalue weighted by Crippen LogP contribution is 2.35. The SMILES string of the molecule is COc1ccc(-c2nn(-c3ccccc3)cc2-c2cc(Cl)c3ccccc3n2)cc1. The number of hydrogen-bond donors (Lipinski definition) is 0. The van der Waals surface area contributed by atoms with Crippen LogP contribution in [0, 0.1) is 0 Å². The van der Waals surface area contributed by atoms with Crippen LogP contribution in [-0.4, -0.2) is 21.9 Å². The second-order valence-electron chi connectivity index (χ2n) is 6.91. The Bertz CT molecular complexity index is 1330. The number of methoxy groups -OCH3 is 1. The molecule has 146 valence electrons. The van der Waals surface area contributed by atoms with E-state index in [4.69, 9.17) is 26.4 Å². The largest absolute Gasteiger partial charge is 0.497 e. The smallest absolute Gasteiger partial charge is 0.118 e. The fraction of sp³-hybridized carbons (Fsp3) is 0.0400. The number of benzene rings is 3. The van der Waals surface area contributed by atoms with Crippen LogP contribution in [0.2, 0.25) is 5.02 Å². The Morgan fingerprint density at radius 1 is 0.867 bits per heavy atom. The molecular weight excluding hydrogens is 394 g/mol. The van der Waals surface area contributed by atoms with Crippen LogP contribution >= 0.6 is 11.6 Å². The number of pyridine rings is 1. The predicted molar refractivity (Wildman–Crippen MR) is 121 cm³/mol. The highest BCUT2D eigenvalue weighted by molar-refractivity contribution is 6.35. The van der Waals surface area contributed by atoms with Crippen molar-refractivity contribution in [3.05, 3.63) is 96.1 Å². The summed E-state index contributed by atoms with van der Waals surface area (Å²) >= 11 is 6.59. The van der Waals surface area contributed by atoms with Crippen LogP contribution in [0.5, 0.6) is 5.75 Å². The fourth-order valence-electron chi connectivity index (χ4n) is 3.51. The van der Waals surface area contributed by atoms with Crippen molar-refractivity contribution in [3.63, 3.8) is 0 Å². The summed E-state index contributed by atoms with van der Waals surface area (Å²) in [6.07, 6.45) is 2.00. The van der Waals surface area contributed by atoms with Crippen molar-refractivity contribution in [2.24, 2.45) is 0 Å². The maximum Gasteiger partial charge on any atom is 0.118 e. The van der Waals surface area contributed by atoms with Crippen LogP contribution in [0.4, 0.5) is 0 Å². The molecule has 0 saturated heterocycles. The number of aromatic nitrogens is 3. The van der Waals surface area contributed by atoms with Gasteiger partial charge in [-0.25, -0.2) is 9.67 Å². The molecule has 0 aliphatic carbocycles. The molecule has 0 aliphatic rings. The maximum atomic E-state index is 6.59. The van der Waals surface area contributed by atoms with Crippen LogP contribution < -0.4 is 4.74 Å². The lowest BCUT2D eigenvalue weighted by atomic mass is 10.0. The number of hydrogen-bond acceptors (Lipinski definition) is 3. The molecule has 0 fully saturated rings. The molecule has 0 aliphatic heterocycles. The van der Waals surface area contributed by atoms with Crippen molar-refractivity contribution < 1.29 is 4.74 Å². The zero-order chi connectivity index (χ0) is 20.5. The highest BCUT2D eigenvalue weighted by atomic mass is 35.5. The minimum atomic E-state index is 0.670. The molecule has 0 amide bonds. The number of nitrogens with zero attached hydrogens (tertiary/aromatic N) is 3. The lowest BCUT2D eigenvalue weighted by Crippen LogP contribution is -1.94. The number of ether oxygens (including phenoxy) is 1. The first-order chi connectivity index (χ1) is 14.7. The Balaban J connectivity index is 1.72. The van der Waals surface area contributed by atoms with E-state index in [1.54, 1.807) is 7.11 Å². The first kappa shape index (κ1) is 18.4. The standard InChI is InChI=1S/C25H18ClN3O/c1-30-19-13-11-17(12-14-19)25-21(16-29(28-25)18-7-3-2-4-8-18)24-15-22(26)20-9-5-6-10-23(20)27-24/h2-16H,1H3. The van der Waals surface area contributed by atoms with E-state index in [9.17, 15) is 0 Å². The number of fused-ring (bicyclic) bond motifs is 1. The van der Waals surface area contributed by atoms with Crippen LogP contribution in [0.15, 0.2) is 91.1 Å². The first-order valence-electron chi connectivity index (χ1n) is 9.58. The predicted octanol–water partition coefficient (Wildman–Crippen LogP) is 6.42. The van der Waals surface area contributed by atoms with Crippen molar-refractivity contribution in [3.8, 4) is 34.0 Å². The van der Waals surface area contributed by atoms with Gasteiger partial charge in [0.05, 0.1) is 29.0 Å². The van der Waals surface area contributed by atoms with Gasteiger partial charge in [-0.1, -0.05) is 48.0 Å². The normalized spacial score (nSPS) is 11.0. The quantitative estimate of drug-likeness (QED) is 0.342. The Labute approximate surface area is 179 Å². The Morgan fingerprint density at radius 2 is 1.60 bits per heavy atom. The maximum absolute atomic E-state index is 6.59. The molecule has 5 rings (SSSR count). The van der Waals surface area contributed by atoms with Gasteiger partial charge in [-0.05, 0) is 48.5 Å². The van der Waals surface area contributed by atoms with Crippen molar-refractivity contribution in [1.82, 2.24) is 14.8 Å². The second-order valence-corrected chi connectivity index (χ2v) is 7.31. The molecule has 0 bridgehead atoms. The van der Waals surface area contributed by atoms with E-state index < -0.39 is 0 Å². The van der Waals surface area contributed by atoms with E-state index in [1.807, 2.05) is 95.8 Å². The van der Waals surface area contributed by atoms with Crippen LogP contribution in [0.3, 0.4) is 0 Å². The molecule has 0 unspecified atom stereocenters. The van der Waals surface area contributed by atoms with Gasteiger partial charge < -0.3 is 4.74 Å². The molecule has 2 heterocycles. The van der Waals surface area contributed by atoms with Crippen LogP contribution in [0.25, 0.3) is 39.1 Å². The van der Waals surface area contributed by atoms with E-state index in [2.05, 4.69) is 0 Å². The summed E-state index contributed by atoms with van der Waals surface area (Å²) in [5, 5.41) is 6.49. The number of para-hydroxylation sites is 2. The monoisotopic (exact) mass is 411 g/mol. The third-order valence-corrected chi connectivity index (χ3v) is 5.35. The van der Waals surface area contributed by atoms with E-state index >= 15 is 0 Å². The molecule has 0 atom stereocenters. The Morgan fingerprint density at radius 3 is 2.37 bits per heavy atom. The molecule has 5 heteroatoms. The van der Waals surface area contributed by atoms with Gasteiger partial charge in [0, 0.05) is 22.7 Å². The summed E-state index contributed by atoms with van der Waals surface area (Å²) in [5.41, 5.74) is 5.34. The van der Waals surface area contributed by atoms with Gasteiger partial charge in [-0.2, -0.15) is 5.10 Å². The van der Waals surface area contributed by atoms with Gasteiger partial charge in [0.15, 0.2) is 0 Å². The average Bonchev–Trinajstić information content (AvgIpc) is 3.25. The van der Waals surface area contributed by atoms with Crippen molar-refractivity contribution >= 4 is 22.5 Å². The molecule has 0 spiro atoms. The lowest BCUT2D eigenvalue weighted by Gasteiger charge is -2.06. The summed E-state index contributed by atoms with van der Waals surface area (Å²) in [5.74, 6) is 0.801. The minimum Gasteiger partial charge on any atom is -0.497 e. The Kier molecular flexibility index (Phi) is 4.69. The summed E-state index contributed by atoms with van der Waals surface area (Å²) in [4.78, 5) is 4.87. The molecule has 30 heavy (non-hydrogen) atoms. The van der Waals surface area contributed by atoms with E-state index in [-0.39, 0.29) is 0 Å². The van der Waals surface area contributed by atoms with Crippen molar-refractivity contribution in [1.29, 1.82) is 0 Å². The van der Waals surface area contributed by atoms with Crippen molar-refractivity contribution in [2.75, 3.05) is 7.11 Å². The van der Waals surface area contributed by atoms with Gasteiger partial charge in [0.2, 0.25) is 0 Å².